The van der Waals surface area contributed by atoms with E-state index in [-0.39, 0.29) is 5.41 Å². The van der Waals surface area contributed by atoms with E-state index < -0.39 is 10.8 Å². The SMILES string of the molecule is C=C/C(Br)=C1/NC(C(CCC)CCCS(=O)c2ccc(C(C)(C)C)cc2)=CC(=NCc2cccnc2)N1CC.CC(C)C(C)C1CC1. The number of pyridine rings is 1. The Morgan fingerprint density at radius 1 is 1.15 bits per heavy atom. The smallest absolute Gasteiger partial charge is 0.131 e. The summed E-state index contributed by atoms with van der Waals surface area (Å²) in [5.41, 5.74) is 3.58. The lowest BCUT2D eigenvalue weighted by atomic mass is 9.87. The molecule has 5 nitrogen and oxygen atoms in total. The highest BCUT2D eigenvalue weighted by atomic mass is 79.9. The summed E-state index contributed by atoms with van der Waals surface area (Å²) in [7, 11) is -1.01. The zero-order valence-electron chi connectivity index (χ0n) is 30.2. The number of amidine groups is 1. The number of nitrogens with one attached hydrogen (secondary N) is 1. The van der Waals surface area contributed by atoms with Crippen LogP contribution in [-0.4, -0.2) is 32.2 Å². The van der Waals surface area contributed by atoms with E-state index in [9.17, 15) is 4.21 Å². The minimum Gasteiger partial charge on any atom is -0.344 e. The summed E-state index contributed by atoms with van der Waals surface area (Å²) in [4.78, 5) is 12.3. The van der Waals surface area contributed by atoms with Crippen molar-refractivity contribution in [3.63, 3.8) is 0 Å². The predicted molar refractivity (Wildman–Crippen MR) is 206 cm³/mol. The van der Waals surface area contributed by atoms with E-state index in [1.54, 1.807) is 6.20 Å². The van der Waals surface area contributed by atoms with Gasteiger partial charge in [-0.25, -0.2) is 0 Å². The Bertz CT molecular complexity index is 1390. The molecule has 0 spiro atoms. The van der Waals surface area contributed by atoms with E-state index in [4.69, 9.17) is 4.99 Å². The average Bonchev–Trinajstić information content (AvgIpc) is 3.92. The number of likely N-dealkylation sites (N-methyl/N-ethyl adjacent to an activating group) is 1. The highest BCUT2D eigenvalue weighted by Crippen LogP contribution is 2.39. The van der Waals surface area contributed by atoms with Crippen LogP contribution in [0.25, 0.3) is 0 Å². The Morgan fingerprint density at radius 2 is 1.85 bits per heavy atom. The maximum atomic E-state index is 13.1. The van der Waals surface area contributed by atoms with Crippen LogP contribution >= 0.6 is 15.9 Å². The Balaban J connectivity index is 0.000000653. The molecule has 7 heteroatoms. The van der Waals surface area contributed by atoms with Crippen LogP contribution < -0.4 is 5.32 Å². The van der Waals surface area contributed by atoms with Crippen LogP contribution in [0.5, 0.6) is 0 Å². The Labute approximate surface area is 297 Å². The Hall–Kier alpha value is -2.51. The van der Waals surface area contributed by atoms with Crippen LogP contribution in [0.3, 0.4) is 0 Å². The third-order valence-corrected chi connectivity index (χ3v) is 11.5. The first-order chi connectivity index (χ1) is 22.4. The van der Waals surface area contributed by atoms with Gasteiger partial charge >= 0.3 is 0 Å². The van der Waals surface area contributed by atoms with E-state index >= 15 is 0 Å². The summed E-state index contributed by atoms with van der Waals surface area (Å²) in [5, 5.41) is 3.69. The van der Waals surface area contributed by atoms with Crippen LogP contribution in [0.4, 0.5) is 0 Å². The van der Waals surface area contributed by atoms with Gasteiger partial charge in [0, 0.05) is 41.4 Å². The zero-order valence-corrected chi connectivity index (χ0v) is 32.6. The molecule has 0 radical (unpaired) electrons. The minimum atomic E-state index is -1.01. The van der Waals surface area contributed by atoms with Gasteiger partial charge in [-0.05, 0) is 113 Å². The quantitative estimate of drug-likeness (QED) is 0.211. The fourth-order valence-corrected chi connectivity index (χ4v) is 7.27. The van der Waals surface area contributed by atoms with Crippen LogP contribution in [0.1, 0.15) is 105 Å². The number of hydrogen-bond donors (Lipinski definition) is 1. The van der Waals surface area contributed by atoms with Gasteiger partial charge < -0.3 is 10.2 Å². The molecular formula is C40H59BrN4OS. The number of rotatable bonds is 14. The van der Waals surface area contributed by atoms with Crippen molar-refractivity contribution in [1.82, 2.24) is 15.2 Å². The van der Waals surface area contributed by atoms with Crippen LogP contribution in [0.2, 0.25) is 0 Å². The molecule has 258 valence electrons. The van der Waals surface area contributed by atoms with E-state index in [0.29, 0.717) is 18.2 Å². The van der Waals surface area contributed by atoms with Gasteiger partial charge in [0.1, 0.15) is 11.7 Å². The fourth-order valence-electron chi connectivity index (χ4n) is 5.85. The summed E-state index contributed by atoms with van der Waals surface area (Å²) in [6.07, 6.45) is 14.6. The lowest BCUT2D eigenvalue weighted by Crippen LogP contribution is -2.42. The summed E-state index contributed by atoms with van der Waals surface area (Å²) in [6, 6.07) is 12.3. The Kier molecular flexibility index (Phi) is 15.6. The molecule has 4 rings (SSSR count). The van der Waals surface area contributed by atoms with Crippen LogP contribution in [0, 0.1) is 23.7 Å². The number of benzene rings is 1. The van der Waals surface area contributed by atoms with Crippen molar-refractivity contribution in [2.75, 3.05) is 12.3 Å². The molecule has 1 aliphatic carbocycles. The molecule has 0 saturated heterocycles. The summed E-state index contributed by atoms with van der Waals surface area (Å²) in [6.45, 7) is 23.3. The molecule has 2 aromatic rings. The van der Waals surface area contributed by atoms with Gasteiger partial charge in [0.2, 0.25) is 0 Å². The van der Waals surface area contributed by atoms with Gasteiger partial charge in [0.15, 0.2) is 0 Å². The molecule has 1 fully saturated rings. The van der Waals surface area contributed by atoms with Gasteiger partial charge in [-0.2, -0.15) is 0 Å². The number of halogens is 1. The number of aromatic nitrogens is 1. The average molecular weight is 724 g/mol. The van der Waals surface area contributed by atoms with Crippen molar-refractivity contribution in [2.24, 2.45) is 28.7 Å². The van der Waals surface area contributed by atoms with Crippen molar-refractivity contribution in [1.29, 1.82) is 0 Å². The van der Waals surface area contributed by atoms with Crippen LogP contribution in [0.15, 0.2) is 93.4 Å². The standard InChI is InChI=1S/C32H43BrN4OS.C8H16/c1-7-12-25(14-11-20-39(38)27-17-15-26(16-18-27)32(4,5)6)29-21-30(35-23-24-13-10-19-34-22-24)37(9-3)31(36-29)28(33)8-2;1-6(2)7(3)8-4-5-8/h8,10,13,15-19,21-22,25,36H,2,7,9,11-12,14,20,23H2,1,3-6H3;6-8H,4-5H2,1-3H3/b31-28+,35-30?;. The van der Waals surface area contributed by atoms with E-state index in [1.807, 2.05) is 36.5 Å². The molecule has 0 amide bonds. The molecule has 2 aliphatic rings. The predicted octanol–water partition coefficient (Wildman–Crippen LogP) is 10.5. The second-order valence-electron chi connectivity index (χ2n) is 14.3. The Morgan fingerprint density at radius 3 is 2.36 bits per heavy atom. The molecule has 1 saturated carbocycles. The molecule has 1 N–H and O–H groups in total. The minimum absolute atomic E-state index is 0.0928. The number of nitrogens with zero attached hydrogens (tertiary/aromatic N) is 3. The molecule has 3 atom stereocenters. The van der Waals surface area contributed by atoms with Gasteiger partial charge in [0.05, 0.1) is 21.8 Å². The molecule has 0 bridgehead atoms. The van der Waals surface area contributed by atoms with E-state index in [2.05, 4.69) is 111 Å². The lowest BCUT2D eigenvalue weighted by molar-refractivity contribution is 0.372. The van der Waals surface area contributed by atoms with Crippen LogP contribution in [-0.2, 0) is 22.8 Å². The third kappa shape index (κ3) is 12.2. The molecular weight excluding hydrogens is 664 g/mol. The molecule has 47 heavy (non-hydrogen) atoms. The fraction of sp³-hybridized carbons (Fsp3) is 0.550. The van der Waals surface area contributed by atoms with Gasteiger partial charge in [-0.1, -0.05) is 85.7 Å². The largest absolute Gasteiger partial charge is 0.344 e. The van der Waals surface area contributed by atoms with Crippen molar-refractivity contribution < 1.29 is 4.21 Å². The van der Waals surface area contributed by atoms with Crippen molar-refractivity contribution in [2.45, 2.75) is 111 Å². The first-order valence-corrected chi connectivity index (χ1v) is 19.7. The van der Waals surface area contributed by atoms with Gasteiger partial charge in [-0.15, -0.1) is 0 Å². The van der Waals surface area contributed by atoms with E-state index in [0.717, 1.165) is 82.3 Å². The second kappa shape index (κ2) is 18.9. The van der Waals surface area contributed by atoms with Crippen molar-refractivity contribution in [3.05, 3.63) is 94.7 Å². The first kappa shape index (κ1) is 38.9. The van der Waals surface area contributed by atoms with Crippen molar-refractivity contribution in [3.8, 4) is 0 Å². The summed E-state index contributed by atoms with van der Waals surface area (Å²) < 4.78 is 14.0. The lowest BCUT2D eigenvalue weighted by Gasteiger charge is -2.35. The molecule has 1 aliphatic heterocycles. The van der Waals surface area contributed by atoms with Gasteiger partial charge in [-0.3, -0.25) is 14.2 Å². The highest BCUT2D eigenvalue weighted by Gasteiger charge is 2.29. The number of hydrogen-bond acceptors (Lipinski definition) is 4. The third-order valence-electron chi connectivity index (χ3n) is 9.32. The monoisotopic (exact) mass is 722 g/mol. The summed E-state index contributed by atoms with van der Waals surface area (Å²) in [5.74, 6) is 5.83. The normalized spacial score (nSPS) is 18.9. The highest BCUT2D eigenvalue weighted by molar-refractivity contribution is 9.11. The molecule has 1 aromatic carbocycles. The molecule has 1 aromatic heterocycles. The topological polar surface area (TPSA) is 57.6 Å². The van der Waals surface area contributed by atoms with Gasteiger partial charge in [0.25, 0.3) is 0 Å². The maximum absolute atomic E-state index is 13.1. The maximum Gasteiger partial charge on any atom is 0.131 e. The van der Waals surface area contributed by atoms with Crippen molar-refractivity contribution >= 4 is 32.6 Å². The number of aliphatic imine (C=N–C) groups is 1. The first-order valence-electron chi connectivity index (χ1n) is 17.6. The zero-order chi connectivity index (χ0) is 34.6. The summed E-state index contributed by atoms with van der Waals surface area (Å²) >= 11 is 3.70. The van der Waals surface area contributed by atoms with E-state index in [1.165, 1.54) is 18.4 Å². The number of allylic oxidation sites excluding steroid dienone is 3. The molecule has 2 heterocycles. The molecule has 3 unspecified atom stereocenters. The second-order valence-corrected chi connectivity index (χ2v) is 16.7.